The van der Waals surface area contributed by atoms with Gasteiger partial charge in [-0.3, -0.25) is 4.79 Å². The van der Waals surface area contributed by atoms with E-state index in [9.17, 15) is 23.1 Å². The molecule has 130 valence electrons. The average molecular weight is 341 g/mol. The number of nitrogens with one attached hydrogen (secondary N) is 1. The zero-order valence-corrected chi connectivity index (χ0v) is 13.2. The maximum Gasteiger partial charge on any atom is 0.352 e. The Bertz CT molecular complexity index is 784. The van der Waals surface area contributed by atoms with Crippen molar-refractivity contribution in [2.24, 2.45) is 7.05 Å². The fourth-order valence-electron chi connectivity index (χ4n) is 2.88. The second kappa shape index (κ2) is 5.77. The lowest BCUT2D eigenvalue weighted by atomic mass is 9.75. The van der Waals surface area contributed by atoms with Crippen molar-refractivity contribution in [3.63, 3.8) is 0 Å². The van der Waals surface area contributed by atoms with Crippen molar-refractivity contribution in [1.82, 2.24) is 14.9 Å². The molecule has 8 heteroatoms. The highest BCUT2D eigenvalue weighted by Crippen LogP contribution is 2.44. The first-order valence-corrected chi connectivity index (χ1v) is 7.74. The van der Waals surface area contributed by atoms with E-state index in [-0.39, 0.29) is 25.8 Å². The lowest BCUT2D eigenvalue weighted by molar-refractivity contribution is -0.215. The Labute approximate surface area is 136 Å². The maximum absolute atomic E-state index is 13.9. The number of aromatic nitrogens is 2. The number of carbonyl (C=O) groups excluding carboxylic acids is 1. The first-order valence-electron chi connectivity index (χ1n) is 7.74. The fourth-order valence-corrected chi connectivity index (χ4v) is 2.88. The van der Waals surface area contributed by atoms with Crippen LogP contribution < -0.4 is 5.32 Å². The molecule has 1 aliphatic carbocycles. The fraction of sp³-hybridized carbons (Fsp3) is 0.500. The standard InChI is InChI=1S/C16H18F3N3O2/c1-22-12-4-3-10(17)9-11(12)21-13(22)5-8-20-14(23)16(18,19)15(24)6-2-7-15/h3-4,9,24H,2,5-8H2,1H3,(H,20,23). The third-order valence-corrected chi connectivity index (χ3v) is 4.62. The average Bonchev–Trinajstić information content (AvgIpc) is 2.80. The number of fused-ring (bicyclic) bond motifs is 1. The van der Waals surface area contributed by atoms with Gasteiger partial charge in [0.2, 0.25) is 0 Å². The van der Waals surface area contributed by atoms with Gasteiger partial charge in [-0.1, -0.05) is 0 Å². The van der Waals surface area contributed by atoms with Gasteiger partial charge < -0.3 is 15.0 Å². The summed E-state index contributed by atoms with van der Waals surface area (Å²) in [7, 11) is 1.73. The summed E-state index contributed by atoms with van der Waals surface area (Å²) in [4.78, 5) is 15.9. The number of alkyl halides is 2. The quantitative estimate of drug-likeness (QED) is 0.873. The second-order valence-corrected chi connectivity index (χ2v) is 6.19. The van der Waals surface area contributed by atoms with Crippen LogP contribution in [0.15, 0.2) is 18.2 Å². The third kappa shape index (κ3) is 2.64. The van der Waals surface area contributed by atoms with Gasteiger partial charge in [-0.05, 0) is 31.4 Å². The predicted molar refractivity (Wildman–Crippen MR) is 81.1 cm³/mol. The van der Waals surface area contributed by atoms with Crippen LogP contribution in [0.1, 0.15) is 25.1 Å². The van der Waals surface area contributed by atoms with E-state index in [2.05, 4.69) is 10.3 Å². The van der Waals surface area contributed by atoms with Crippen molar-refractivity contribution >= 4 is 16.9 Å². The van der Waals surface area contributed by atoms with E-state index in [1.807, 2.05) is 0 Å². The summed E-state index contributed by atoms with van der Waals surface area (Å²) >= 11 is 0. The minimum absolute atomic E-state index is 0.0514. The zero-order chi connectivity index (χ0) is 17.5. The molecule has 1 aliphatic rings. The van der Waals surface area contributed by atoms with Crippen LogP contribution in [-0.2, 0) is 18.3 Å². The molecule has 0 aliphatic heterocycles. The number of hydrogen-bond donors (Lipinski definition) is 2. The van der Waals surface area contributed by atoms with Gasteiger partial charge in [0.15, 0.2) is 0 Å². The molecule has 0 spiro atoms. The van der Waals surface area contributed by atoms with Crippen LogP contribution in [0.3, 0.4) is 0 Å². The molecule has 2 N–H and O–H groups in total. The van der Waals surface area contributed by atoms with Crippen LogP contribution in [0.4, 0.5) is 13.2 Å². The highest BCUT2D eigenvalue weighted by Gasteiger charge is 2.60. The molecule has 1 fully saturated rings. The molecule has 3 rings (SSSR count). The Balaban J connectivity index is 1.64. The largest absolute Gasteiger partial charge is 0.383 e. The number of benzene rings is 1. The lowest BCUT2D eigenvalue weighted by Crippen LogP contribution is -2.60. The molecule has 0 atom stereocenters. The SMILES string of the molecule is Cn1c(CCNC(=O)C(F)(F)C2(O)CCC2)nc2cc(F)ccc21. The molecule has 0 unspecified atom stereocenters. The Hall–Kier alpha value is -2.09. The molecule has 1 heterocycles. The van der Waals surface area contributed by atoms with E-state index in [4.69, 9.17) is 0 Å². The minimum Gasteiger partial charge on any atom is -0.383 e. The molecule has 0 radical (unpaired) electrons. The third-order valence-electron chi connectivity index (χ3n) is 4.62. The van der Waals surface area contributed by atoms with Gasteiger partial charge in [0, 0.05) is 26.1 Å². The van der Waals surface area contributed by atoms with Crippen molar-refractivity contribution in [2.75, 3.05) is 6.54 Å². The number of aliphatic hydroxyl groups is 1. The minimum atomic E-state index is -3.80. The zero-order valence-electron chi connectivity index (χ0n) is 13.2. The van der Waals surface area contributed by atoms with E-state index < -0.39 is 23.2 Å². The number of nitrogens with zero attached hydrogens (tertiary/aromatic N) is 2. The van der Waals surface area contributed by atoms with Crippen molar-refractivity contribution < 1.29 is 23.1 Å². The molecule has 0 bridgehead atoms. The maximum atomic E-state index is 13.9. The van der Waals surface area contributed by atoms with Crippen LogP contribution in [0.25, 0.3) is 11.0 Å². The van der Waals surface area contributed by atoms with Crippen molar-refractivity contribution in [3.8, 4) is 0 Å². The molecule has 1 aromatic heterocycles. The summed E-state index contributed by atoms with van der Waals surface area (Å²) in [6.07, 6.45) is 0.538. The van der Waals surface area contributed by atoms with Crippen LogP contribution in [0, 0.1) is 5.82 Å². The number of halogens is 3. The van der Waals surface area contributed by atoms with Gasteiger partial charge >= 0.3 is 5.92 Å². The molecule has 1 aromatic carbocycles. The smallest absolute Gasteiger partial charge is 0.352 e. The van der Waals surface area contributed by atoms with E-state index in [0.717, 1.165) is 0 Å². The normalized spacial score (nSPS) is 16.9. The first kappa shape index (κ1) is 16.8. The lowest BCUT2D eigenvalue weighted by Gasteiger charge is -2.41. The number of aryl methyl sites for hydroxylation is 1. The number of hydrogen-bond acceptors (Lipinski definition) is 3. The van der Waals surface area contributed by atoms with E-state index >= 15 is 0 Å². The van der Waals surface area contributed by atoms with Gasteiger partial charge in [0.05, 0.1) is 11.0 Å². The van der Waals surface area contributed by atoms with E-state index in [0.29, 0.717) is 23.3 Å². The van der Waals surface area contributed by atoms with Gasteiger partial charge in [0.25, 0.3) is 5.91 Å². The van der Waals surface area contributed by atoms with Crippen LogP contribution in [0.2, 0.25) is 0 Å². The Morgan fingerprint density at radius 2 is 2.17 bits per heavy atom. The van der Waals surface area contributed by atoms with Gasteiger partial charge in [-0.15, -0.1) is 0 Å². The summed E-state index contributed by atoms with van der Waals surface area (Å²) in [6.45, 7) is -0.0514. The van der Waals surface area contributed by atoms with Crippen LogP contribution in [0.5, 0.6) is 0 Å². The predicted octanol–water partition coefficient (Wildman–Crippen LogP) is 1.92. The van der Waals surface area contributed by atoms with Gasteiger partial charge in [0.1, 0.15) is 17.2 Å². The highest BCUT2D eigenvalue weighted by atomic mass is 19.3. The van der Waals surface area contributed by atoms with Crippen molar-refractivity contribution in [2.45, 2.75) is 37.2 Å². The van der Waals surface area contributed by atoms with Crippen molar-refractivity contribution in [3.05, 3.63) is 29.8 Å². The molecule has 1 amide bonds. The highest BCUT2D eigenvalue weighted by molar-refractivity contribution is 5.85. The van der Waals surface area contributed by atoms with Crippen LogP contribution >= 0.6 is 0 Å². The number of amides is 1. The first-order chi connectivity index (χ1) is 11.2. The Kier molecular flexibility index (Phi) is 4.03. The summed E-state index contributed by atoms with van der Waals surface area (Å²) in [5, 5.41) is 11.9. The van der Waals surface area contributed by atoms with Gasteiger partial charge in [-0.25, -0.2) is 9.37 Å². The number of rotatable bonds is 5. The topological polar surface area (TPSA) is 67.2 Å². The molecular weight excluding hydrogens is 323 g/mol. The summed E-state index contributed by atoms with van der Waals surface area (Å²) < 4.78 is 42.8. The summed E-state index contributed by atoms with van der Waals surface area (Å²) in [6, 6.07) is 4.19. The molecule has 2 aromatic rings. The number of carbonyl (C=O) groups is 1. The van der Waals surface area contributed by atoms with Crippen molar-refractivity contribution in [1.29, 1.82) is 0 Å². The van der Waals surface area contributed by atoms with Crippen LogP contribution in [-0.4, -0.2) is 38.6 Å². The van der Waals surface area contributed by atoms with E-state index in [1.165, 1.54) is 12.1 Å². The second-order valence-electron chi connectivity index (χ2n) is 6.19. The molecule has 5 nitrogen and oxygen atoms in total. The molecule has 0 saturated heterocycles. The molecule has 1 saturated carbocycles. The number of imidazole rings is 1. The Morgan fingerprint density at radius 1 is 1.46 bits per heavy atom. The summed E-state index contributed by atoms with van der Waals surface area (Å²) in [5.41, 5.74) is -1.05. The van der Waals surface area contributed by atoms with E-state index in [1.54, 1.807) is 17.7 Å². The summed E-state index contributed by atoms with van der Waals surface area (Å²) in [5.74, 6) is -5.15. The monoisotopic (exact) mass is 341 g/mol. The molecule has 24 heavy (non-hydrogen) atoms. The van der Waals surface area contributed by atoms with Gasteiger partial charge in [-0.2, -0.15) is 8.78 Å². The molecular formula is C16H18F3N3O2. The Morgan fingerprint density at radius 3 is 2.79 bits per heavy atom.